The number of carbonyl (C=O) groups is 1. The highest BCUT2D eigenvalue weighted by Gasteiger charge is 2.20. The van der Waals surface area contributed by atoms with Crippen LogP contribution in [0, 0.1) is 0 Å². The molecule has 0 aromatic heterocycles. The molecule has 0 saturated carbocycles. The lowest BCUT2D eigenvalue weighted by Gasteiger charge is -2.23. The van der Waals surface area contributed by atoms with Gasteiger partial charge >= 0.3 is 5.97 Å². The largest absolute Gasteiger partial charge is 0.461 e. The second-order valence-electron chi connectivity index (χ2n) is 3.58. The molecule has 1 atom stereocenters. The zero-order chi connectivity index (χ0) is 10.5. The van der Waals surface area contributed by atoms with Gasteiger partial charge in [0, 0.05) is 7.11 Å². The average molecular weight is 189 g/mol. The Kier molecular flexibility index (Phi) is 4.95. The zero-order valence-electron chi connectivity index (χ0n) is 9.01. The number of likely N-dealkylation sites (N-methyl/N-ethyl adjacent to an activating group) is 1. The molecular formula is C9H19NO3. The molecule has 0 aliphatic rings. The number of carbonyl (C=O) groups excluding carboxylic acids is 1. The van der Waals surface area contributed by atoms with Crippen molar-refractivity contribution in [3.8, 4) is 0 Å². The van der Waals surface area contributed by atoms with Gasteiger partial charge in [-0.15, -0.1) is 0 Å². The number of esters is 1. The van der Waals surface area contributed by atoms with Crippen molar-refractivity contribution in [2.45, 2.75) is 32.4 Å². The summed E-state index contributed by atoms with van der Waals surface area (Å²) < 4.78 is 10.1. The summed E-state index contributed by atoms with van der Waals surface area (Å²) in [6.45, 7) is 5.76. The van der Waals surface area contributed by atoms with E-state index in [0.29, 0.717) is 0 Å². The first-order valence-corrected chi connectivity index (χ1v) is 4.32. The van der Waals surface area contributed by atoms with Gasteiger partial charge in [-0.2, -0.15) is 0 Å². The van der Waals surface area contributed by atoms with Crippen LogP contribution < -0.4 is 5.32 Å². The Morgan fingerprint density at radius 1 is 1.54 bits per heavy atom. The number of nitrogens with one attached hydrogen (secondary N) is 1. The van der Waals surface area contributed by atoms with Crippen LogP contribution in [0.2, 0.25) is 0 Å². The maximum atomic E-state index is 11.2. The molecule has 78 valence electrons. The monoisotopic (exact) mass is 189 g/mol. The molecule has 0 spiro atoms. The lowest BCUT2D eigenvalue weighted by Crippen LogP contribution is -2.37. The van der Waals surface area contributed by atoms with Crippen LogP contribution in [0.3, 0.4) is 0 Å². The van der Waals surface area contributed by atoms with Gasteiger partial charge in [-0.05, 0) is 27.8 Å². The SMILES string of the molecule is CN[C@@H](C)C(=O)OCC(C)(C)OC. The second kappa shape index (κ2) is 5.19. The average Bonchev–Trinajstić information content (AvgIpc) is 2.13. The molecule has 4 heteroatoms. The second-order valence-corrected chi connectivity index (χ2v) is 3.58. The van der Waals surface area contributed by atoms with Crippen LogP contribution >= 0.6 is 0 Å². The van der Waals surface area contributed by atoms with Gasteiger partial charge in [0.2, 0.25) is 0 Å². The molecule has 0 aromatic rings. The zero-order valence-corrected chi connectivity index (χ0v) is 9.01. The van der Waals surface area contributed by atoms with Crippen molar-refractivity contribution in [3.63, 3.8) is 0 Å². The summed E-state index contributed by atoms with van der Waals surface area (Å²) in [5, 5.41) is 2.80. The van der Waals surface area contributed by atoms with Crippen LogP contribution in [-0.2, 0) is 14.3 Å². The number of hydrogen-bond donors (Lipinski definition) is 1. The van der Waals surface area contributed by atoms with E-state index >= 15 is 0 Å². The summed E-state index contributed by atoms with van der Waals surface area (Å²) in [6.07, 6.45) is 0. The smallest absolute Gasteiger partial charge is 0.322 e. The van der Waals surface area contributed by atoms with Crippen LogP contribution in [0.5, 0.6) is 0 Å². The maximum absolute atomic E-state index is 11.2. The minimum atomic E-state index is -0.414. The molecule has 0 aliphatic carbocycles. The van der Waals surface area contributed by atoms with Crippen LogP contribution in [-0.4, -0.2) is 38.4 Å². The van der Waals surface area contributed by atoms with E-state index in [4.69, 9.17) is 9.47 Å². The first kappa shape index (κ1) is 12.4. The Morgan fingerprint density at radius 2 is 2.08 bits per heavy atom. The molecule has 0 bridgehead atoms. The van der Waals surface area contributed by atoms with E-state index in [1.807, 2.05) is 13.8 Å². The standard InChI is InChI=1S/C9H19NO3/c1-7(10-4)8(11)13-6-9(2,3)12-5/h7,10H,6H2,1-5H3/t7-/m0/s1. The summed E-state index contributed by atoms with van der Waals surface area (Å²) in [5.41, 5.74) is -0.414. The normalized spacial score (nSPS) is 13.9. The lowest BCUT2D eigenvalue weighted by atomic mass is 10.1. The van der Waals surface area contributed by atoms with Crippen molar-refractivity contribution < 1.29 is 14.3 Å². The predicted octanol–water partition coefficient (Wildman–Crippen LogP) is 0.562. The van der Waals surface area contributed by atoms with Crippen LogP contribution in [0.1, 0.15) is 20.8 Å². The third-order valence-electron chi connectivity index (χ3n) is 1.90. The molecule has 0 amide bonds. The number of methoxy groups -OCH3 is 1. The van der Waals surface area contributed by atoms with Gasteiger partial charge < -0.3 is 14.8 Å². The van der Waals surface area contributed by atoms with Gasteiger partial charge in [0.25, 0.3) is 0 Å². The Bertz CT molecular complexity index is 168. The van der Waals surface area contributed by atoms with E-state index in [9.17, 15) is 4.79 Å². The van der Waals surface area contributed by atoms with Crippen LogP contribution in [0.15, 0.2) is 0 Å². The third kappa shape index (κ3) is 4.85. The van der Waals surface area contributed by atoms with Gasteiger partial charge in [-0.25, -0.2) is 0 Å². The van der Waals surface area contributed by atoms with E-state index < -0.39 is 5.60 Å². The number of rotatable bonds is 5. The van der Waals surface area contributed by atoms with Gasteiger partial charge in [0.05, 0.1) is 5.60 Å². The number of ether oxygens (including phenoxy) is 2. The Balaban J connectivity index is 3.83. The molecule has 13 heavy (non-hydrogen) atoms. The molecule has 0 radical (unpaired) electrons. The highest BCUT2D eigenvalue weighted by Crippen LogP contribution is 2.07. The van der Waals surface area contributed by atoms with Gasteiger partial charge in [0.1, 0.15) is 12.6 Å². The minimum Gasteiger partial charge on any atom is -0.461 e. The topological polar surface area (TPSA) is 47.6 Å². The van der Waals surface area contributed by atoms with E-state index in [-0.39, 0.29) is 18.6 Å². The molecule has 0 saturated heterocycles. The molecule has 0 aliphatic heterocycles. The summed E-state index contributed by atoms with van der Waals surface area (Å²) >= 11 is 0. The predicted molar refractivity (Wildman–Crippen MR) is 50.6 cm³/mol. The first-order valence-electron chi connectivity index (χ1n) is 4.32. The van der Waals surface area contributed by atoms with Crippen molar-refractivity contribution in [3.05, 3.63) is 0 Å². The Labute approximate surface area is 79.6 Å². The van der Waals surface area contributed by atoms with E-state index in [0.717, 1.165) is 0 Å². The van der Waals surface area contributed by atoms with Crippen molar-refractivity contribution in [2.75, 3.05) is 20.8 Å². The van der Waals surface area contributed by atoms with Crippen molar-refractivity contribution in [1.82, 2.24) is 5.32 Å². The molecule has 1 N–H and O–H groups in total. The highest BCUT2D eigenvalue weighted by atomic mass is 16.6. The minimum absolute atomic E-state index is 0.257. The Morgan fingerprint density at radius 3 is 2.46 bits per heavy atom. The van der Waals surface area contributed by atoms with Crippen molar-refractivity contribution >= 4 is 5.97 Å². The molecule has 0 unspecified atom stereocenters. The Hall–Kier alpha value is -0.610. The molecule has 0 rings (SSSR count). The highest BCUT2D eigenvalue weighted by molar-refractivity contribution is 5.75. The van der Waals surface area contributed by atoms with Crippen molar-refractivity contribution in [2.24, 2.45) is 0 Å². The fourth-order valence-corrected chi connectivity index (χ4v) is 0.547. The third-order valence-corrected chi connectivity index (χ3v) is 1.90. The summed E-state index contributed by atoms with van der Waals surface area (Å²) in [7, 11) is 3.31. The van der Waals surface area contributed by atoms with E-state index in [1.54, 1.807) is 21.1 Å². The maximum Gasteiger partial charge on any atom is 0.322 e. The fourth-order valence-electron chi connectivity index (χ4n) is 0.547. The van der Waals surface area contributed by atoms with Gasteiger partial charge in [0.15, 0.2) is 0 Å². The van der Waals surface area contributed by atoms with Gasteiger partial charge in [-0.1, -0.05) is 0 Å². The van der Waals surface area contributed by atoms with Crippen molar-refractivity contribution in [1.29, 1.82) is 0 Å². The molecule has 4 nitrogen and oxygen atoms in total. The lowest BCUT2D eigenvalue weighted by molar-refractivity contribution is -0.153. The number of hydrogen-bond acceptors (Lipinski definition) is 4. The molecular weight excluding hydrogens is 170 g/mol. The van der Waals surface area contributed by atoms with E-state index in [2.05, 4.69) is 5.32 Å². The molecule has 0 fully saturated rings. The fraction of sp³-hybridized carbons (Fsp3) is 0.889. The summed E-state index contributed by atoms with van der Waals surface area (Å²) in [4.78, 5) is 11.2. The summed E-state index contributed by atoms with van der Waals surface area (Å²) in [6, 6.07) is -0.271. The van der Waals surface area contributed by atoms with Crippen LogP contribution in [0.25, 0.3) is 0 Å². The van der Waals surface area contributed by atoms with Crippen LogP contribution in [0.4, 0.5) is 0 Å². The molecule has 0 aromatic carbocycles. The van der Waals surface area contributed by atoms with E-state index in [1.165, 1.54) is 0 Å². The quantitative estimate of drug-likeness (QED) is 0.642. The first-order chi connectivity index (χ1) is 5.93. The van der Waals surface area contributed by atoms with Gasteiger partial charge in [-0.3, -0.25) is 4.79 Å². The molecule has 0 heterocycles. The summed E-state index contributed by atoms with van der Waals surface area (Å²) in [5.74, 6) is -0.257.